The summed E-state index contributed by atoms with van der Waals surface area (Å²) in [6, 6.07) is 17.6. The minimum Gasteiger partial charge on any atom is -0.544 e. The zero-order valence-electron chi connectivity index (χ0n) is 23.0. The SMILES string of the molecule is CC(=O)N[C@H]1[C@H]([C@H](O)[C@H](O)CNC(=O)c2ccc(Cl)cc2)O[C@@](OCc2ccc3ccccc3c2)(C(=O)[O-])C[C@@H]1O.[Na+]. The molecule has 0 spiro atoms. The summed E-state index contributed by atoms with van der Waals surface area (Å²) < 4.78 is 11.4. The predicted molar refractivity (Wildman–Crippen MR) is 145 cm³/mol. The van der Waals surface area contributed by atoms with Gasteiger partial charge in [0.1, 0.15) is 18.2 Å². The van der Waals surface area contributed by atoms with Gasteiger partial charge in [0.2, 0.25) is 11.7 Å². The van der Waals surface area contributed by atoms with Crippen LogP contribution in [0.15, 0.2) is 66.7 Å². The summed E-state index contributed by atoms with van der Waals surface area (Å²) in [5, 5.41) is 52.1. The van der Waals surface area contributed by atoms with Gasteiger partial charge in [-0.15, -0.1) is 0 Å². The molecule has 1 saturated heterocycles. The van der Waals surface area contributed by atoms with Gasteiger partial charge in [0.25, 0.3) is 5.91 Å². The molecule has 0 aromatic heterocycles. The maximum atomic E-state index is 12.4. The summed E-state index contributed by atoms with van der Waals surface area (Å²) in [5.41, 5.74) is 0.850. The van der Waals surface area contributed by atoms with Crippen molar-refractivity contribution in [3.8, 4) is 0 Å². The first-order chi connectivity index (χ1) is 19.5. The van der Waals surface area contributed by atoms with Gasteiger partial charge in [-0.25, -0.2) is 0 Å². The van der Waals surface area contributed by atoms with Crippen LogP contribution < -0.4 is 45.3 Å². The fourth-order valence-corrected chi connectivity index (χ4v) is 4.84. The van der Waals surface area contributed by atoms with Crippen LogP contribution >= 0.6 is 11.6 Å². The van der Waals surface area contributed by atoms with Crippen molar-refractivity contribution in [3.05, 3.63) is 82.9 Å². The van der Waals surface area contributed by atoms with Crippen molar-refractivity contribution in [1.82, 2.24) is 10.6 Å². The molecule has 3 aromatic rings. The van der Waals surface area contributed by atoms with Crippen LogP contribution in [0.4, 0.5) is 0 Å². The molecule has 11 nitrogen and oxygen atoms in total. The number of benzene rings is 3. The Morgan fingerprint density at radius 2 is 1.76 bits per heavy atom. The van der Waals surface area contributed by atoms with E-state index in [4.69, 9.17) is 21.1 Å². The van der Waals surface area contributed by atoms with Crippen LogP contribution in [-0.2, 0) is 25.7 Å². The van der Waals surface area contributed by atoms with E-state index in [9.17, 15) is 34.8 Å². The zero-order chi connectivity index (χ0) is 29.7. The van der Waals surface area contributed by atoms with Gasteiger partial charge in [-0.1, -0.05) is 48.0 Å². The number of carboxylic acids is 1. The number of carbonyl (C=O) groups is 3. The van der Waals surface area contributed by atoms with E-state index in [1.54, 1.807) is 12.1 Å². The van der Waals surface area contributed by atoms with Gasteiger partial charge >= 0.3 is 29.6 Å². The average molecular weight is 609 g/mol. The van der Waals surface area contributed by atoms with Crippen molar-refractivity contribution in [1.29, 1.82) is 0 Å². The Morgan fingerprint density at radius 1 is 1.10 bits per heavy atom. The number of halogens is 1. The minimum absolute atomic E-state index is 0. The Labute approximate surface area is 269 Å². The molecular weight excluding hydrogens is 579 g/mol. The van der Waals surface area contributed by atoms with E-state index in [0.29, 0.717) is 10.6 Å². The van der Waals surface area contributed by atoms with Crippen LogP contribution in [0.25, 0.3) is 10.8 Å². The molecule has 0 radical (unpaired) electrons. The Kier molecular flexibility index (Phi) is 11.9. The number of aliphatic hydroxyl groups excluding tert-OH is 3. The van der Waals surface area contributed by atoms with Crippen molar-refractivity contribution < 1.29 is 73.8 Å². The Hall–Kier alpha value is -2.58. The number of ether oxygens (including phenoxy) is 2. The predicted octanol–water partition coefficient (Wildman–Crippen LogP) is -2.73. The maximum absolute atomic E-state index is 12.4. The second kappa shape index (κ2) is 14.7. The van der Waals surface area contributed by atoms with Crippen LogP contribution in [0.1, 0.15) is 29.3 Å². The van der Waals surface area contributed by atoms with Gasteiger partial charge in [0.05, 0.1) is 24.9 Å². The molecule has 218 valence electrons. The molecule has 13 heteroatoms. The third-order valence-corrected chi connectivity index (χ3v) is 7.10. The summed E-state index contributed by atoms with van der Waals surface area (Å²) in [4.78, 5) is 36.6. The number of carbonyl (C=O) groups excluding carboxylic acids is 3. The molecule has 1 heterocycles. The molecule has 0 saturated carbocycles. The summed E-state index contributed by atoms with van der Waals surface area (Å²) >= 11 is 5.83. The number of fused-ring (bicyclic) bond motifs is 1. The molecule has 0 unspecified atom stereocenters. The fraction of sp³-hybridized carbons (Fsp3) is 0.345. The molecule has 3 aromatic carbocycles. The topological polar surface area (TPSA) is 177 Å². The third-order valence-electron chi connectivity index (χ3n) is 6.85. The quantitative estimate of drug-likeness (QED) is 0.153. The average Bonchev–Trinajstić information content (AvgIpc) is 2.95. The van der Waals surface area contributed by atoms with Gasteiger partial charge in [-0.3, -0.25) is 9.59 Å². The number of aliphatic hydroxyl groups is 3. The van der Waals surface area contributed by atoms with Crippen molar-refractivity contribution in [2.45, 2.75) is 56.2 Å². The van der Waals surface area contributed by atoms with Crippen LogP contribution in [0.3, 0.4) is 0 Å². The maximum Gasteiger partial charge on any atom is 1.00 e. The van der Waals surface area contributed by atoms with Crippen LogP contribution in [0, 0.1) is 0 Å². The molecule has 1 aliphatic heterocycles. The van der Waals surface area contributed by atoms with Gasteiger partial charge < -0.3 is 45.3 Å². The van der Waals surface area contributed by atoms with E-state index in [0.717, 1.165) is 17.7 Å². The number of amides is 2. The zero-order valence-corrected chi connectivity index (χ0v) is 25.8. The standard InChI is InChI=1S/C29H31ClN2O9.Na/c1-16(33)32-24-22(34)13-29(28(38)39,40-15-17-6-7-18-4-2-3-5-20(18)12-17)41-26(24)25(36)23(35)14-31-27(37)19-8-10-21(30)11-9-19;/h2-12,22-26,34-36H,13-15H2,1H3,(H,31,37)(H,32,33)(H,38,39);/q;+1/p-1/t22-,23+,24+,25+,26+,29+;/m0./s1. The smallest absolute Gasteiger partial charge is 0.544 e. The molecule has 4 rings (SSSR count). The van der Waals surface area contributed by atoms with Gasteiger partial charge in [-0.05, 0) is 46.7 Å². The minimum atomic E-state index is -2.53. The normalized spacial score (nSPS) is 23.3. The summed E-state index contributed by atoms with van der Waals surface area (Å²) in [6.07, 6.45) is -7.45. The van der Waals surface area contributed by atoms with E-state index in [-0.39, 0.29) is 41.7 Å². The van der Waals surface area contributed by atoms with E-state index < -0.39 is 67.0 Å². The van der Waals surface area contributed by atoms with E-state index >= 15 is 0 Å². The summed E-state index contributed by atoms with van der Waals surface area (Å²) in [6.45, 7) is 0.441. The number of hydrogen-bond acceptors (Lipinski definition) is 9. The third kappa shape index (κ3) is 8.07. The van der Waals surface area contributed by atoms with Crippen LogP contribution in [0.2, 0.25) is 5.02 Å². The van der Waals surface area contributed by atoms with Crippen LogP contribution in [0.5, 0.6) is 0 Å². The Morgan fingerprint density at radius 3 is 2.40 bits per heavy atom. The van der Waals surface area contributed by atoms with E-state index in [1.807, 2.05) is 30.3 Å². The van der Waals surface area contributed by atoms with E-state index in [2.05, 4.69) is 10.6 Å². The van der Waals surface area contributed by atoms with Crippen molar-refractivity contribution in [2.24, 2.45) is 0 Å². The molecule has 1 fully saturated rings. The molecule has 5 N–H and O–H groups in total. The van der Waals surface area contributed by atoms with Gasteiger partial charge in [-0.2, -0.15) is 0 Å². The van der Waals surface area contributed by atoms with E-state index in [1.165, 1.54) is 24.3 Å². The first kappa shape index (κ1) is 33.9. The molecular formula is C29H30ClN2NaO9. The number of nitrogens with one attached hydrogen (secondary N) is 2. The summed E-state index contributed by atoms with van der Waals surface area (Å²) in [7, 11) is 0. The fourth-order valence-electron chi connectivity index (χ4n) is 4.71. The largest absolute Gasteiger partial charge is 1.00 e. The molecule has 1 aliphatic rings. The number of hydrogen-bond donors (Lipinski definition) is 5. The molecule has 6 atom stereocenters. The van der Waals surface area contributed by atoms with Crippen molar-refractivity contribution in [2.75, 3.05) is 6.54 Å². The second-order valence-electron chi connectivity index (χ2n) is 9.87. The van der Waals surface area contributed by atoms with Crippen LogP contribution in [-0.4, -0.2) is 75.9 Å². The second-order valence-corrected chi connectivity index (χ2v) is 10.3. The summed E-state index contributed by atoms with van der Waals surface area (Å²) in [5.74, 6) is -5.52. The van der Waals surface area contributed by atoms with Gasteiger partial charge in [0.15, 0.2) is 0 Å². The molecule has 0 aliphatic carbocycles. The Bertz CT molecular complexity index is 1410. The number of carboxylic acid groups (broad SMARTS) is 1. The number of rotatable bonds is 10. The monoisotopic (exact) mass is 608 g/mol. The van der Waals surface area contributed by atoms with Gasteiger partial charge in [0, 0.05) is 30.5 Å². The first-order valence-electron chi connectivity index (χ1n) is 12.8. The van der Waals surface area contributed by atoms with Crippen molar-refractivity contribution >= 4 is 40.2 Å². The van der Waals surface area contributed by atoms with Crippen molar-refractivity contribution in [3.63, 3.8) is 0 Å². The molecule has 42 heavy (non-hydrogen) atoms. The molecule has 2 amide bonds. The Balaban J connectivity index is 0.00000484. The molecule has 0 bridgehead atoms. The first-order valence-corrected chi connectivity index (χ1v) is 13.2. The number of aliphatic carboxylic acids is 1.